The Morgan fingerprint density at radius 3 is 2.86 bits per heavy atom. The van der Waals surface area contributed by atoms with Gasteiger partial charge in [-0.05, 0) is 67.1 Å². The van der Waals surface area contributed by atoms with E-state index in [2.05, 4.69) is 23.5 Å². The number of fused-ring (bicyclic) bond motifs is 1. The summed E-state index contributed by atoms with van der Waals surface area (Å²) in [5, 5.41) is 2.95. The molecule has 0 fully saturated rings. The van der Waals surface area contributed by atoms with Crippen molar-refractivity contribution >= 4 is 23.4 Å². The number of carbonyl (C=O) groups is 1. The molecule has 0 aromatic heterocycles. The molecule has 0 heterocycles. The highest BCUT2D eigenvalue weighted by Crippen LogP contribution is 2.27. The summed E-state index contributed by atoms with van der Waals surface area (Å²) in [6.45, 7) is 2.02. The Morgan fingerprint density at radius 2 is 2.00 bits per heavy atom. The first kappa shape index (κ1) is 14.2. The lowest BCUT2D eigenvalue weighted by Gasteiger charge is -2.07. The van der Waals surface area contributed by atoms with Gasteiger partial charge in [-0.3, -0.25) is 4.79 Å². The second kappa shape index (κ2) is 6.35. The number of hydrogen-bond donors (Lipinski definition) is 1. The summed E-state index contributed by atoms with van der Waals surface area (Å²) in [4.78, 5) is 13.2. The van der Waals surface area contributed by atoms with Gasteiger partial charge in [-0.2, -0.15) is 0 Å². The van der Waals surface area contributed by atoms with Crippen molar-refractivity contribution < 1.29 is 4.79 Å². The fourth-order valence-corrected chi connectivity index (χ4v) is 3.47. The van der Waals surface area contributed by atoms with Crippen molar-refractivity contribution in [2.75, 3.05) is 11.1 Å². The van der Waals surface area contributed by atoms with E-state index in [1.807, 2.05) is 31.2 Å². The fourth-order valence-electron chi connectivity index (χ4n) is 2.71. The SMILES string of the molecule is Cc1cccc(NC(=O)CSc2ccc3c(c2)CCC3)c1. The number of anilines is 1. The third-order valence-corrected chi connectivity index (χ3v) is 4.74. The van der Waals surface area contributed by atoms with E-state index in [-0.39, 0.29) is 5.91 Å². The number of hydrogen-bond acceptors (Lipinski definition) is 2. The molecule has 1 aliphatic carbocycles. The van der Waals surface area contributed by atoms with Crippen molar-refractivity contribution in [2.24, 2.45) is 0 Å². The van der Waals surface area contributed by atoms with Crippen LogP contribution in [0.25, 0.3) is 0 Å². The standard InChI is InChI=1S/C18H19NOS/c1-13-4-2-7-16(10-13)19-18(20)12-21-17-9-8-14-5-3-6-15(14)11-17/h2,4,7-11H,3,5-6,12H2,1H3,(H,19,20). The minimum Gasteiger partial charge on any atom is -0.325 e. The Bertz CT molecular complexity index is 666. The number of rotatable bonds is 4. The lowest BCUT2D eigenvalue weighted by molar-refractivity contribution is -0.113. The molecule has 21 heavy (non-hydrogen) atoms. The van der Waals surface area contributed by atoms with Gasteiger partial charge in [0.25, 0.3) is 0 Å². The van der Waals surface area contributed by atoms with Crippen LogP contribution in [-0.4, -0.2) is 11.7 Å². The van der Waals surface area contributed by atoms with Crippen LogP contribution in [0.2, 0.25) is 0 Å². The molecule has 2 aromatic rings. The largest absolute Gasteiger partial charge is 0.325 e. The van der Waals surface area contributed by atoms with E-state index < -0.39 is 0 Å². The Morgan fingerprint density at radius 1 is 1.14 bits per heavy atom. The van der Waals surface area contributed by atoms with Crippen LogP contribution in [0.1, 0.15) is 23.1 Å². The number of aryl methyl sites for hydroxylation is 3. The maximum atomic E-state index is 12.0. The van der Waals surface area contributed by atoms with Crippen LogP contribution in [-0.2, 0) is 17.6 Å². The molecule has 2 aromatic carbocycles. The van der Waals surface area contributed by atoms with Gasteiger partial charge in [-0.1, -0.05) is 18.2 Å². The summed E-state index contributed by atoms with van der Waals surface area (Å²) in [6.07, 6.45) is 3.64. The van der Waals surface area contributed by atoms with E-state index in [0.29, 0.717) is 5.75 Å². The molecule has 1 aliphatic rings. The Hall–Kier alpha value is -1.74. The number of thioether (sulfide) groups is 1. The Kier molecular flexibility index (Phi) is 4.30. The van der Waals surface area contributed by atoms with Crippen molar-refractivity contribution in [1.29, 1.82) is 0 Å². The molecule has 0 bridgehead atoms. The van der Waals surface area contributed by atoms with Crippen LogP contribution >= 0.6 is 11.8 Å². The summed E-state index contributed by atoms with van der Waals surface area (Å²) >= 11 is 1.61. The summed E-state index contributed by atoms with van der Waals surface area (Å²) in [7, 11) is 0. The van der Waals surface area contributed by atoms with E-state index in [9.17, 15) is 4.79 Å². The van der Waals surface area contributed by atoms with Crippen LogP contribution in [0, 0.1) is 6.92 Å². The zero-order valence-corrected chi connectivity index (χ0v) is 13.0. The third-order valence-electron chi connectivity index (χ3n) is 3.74. The molecule has 0 radical (unpaired) electrons. The Labute approximate surface area is 130 Å². The highest BCUT2D eigenvalue weighted by atomic mass is 32.2. The molecular formula is C18H19NOS. The molecule has 1 amide bonds. The molecule has 0 saturated carbocycles. The fraction of sp³-hybridized carbons (Fsp3) is 0.278. The maximum absolute atomic E-state index is 12.0. The molecule has 0 unspecified atom stereocenters. The molecule has 3 heteroatoms. The molecule has 0 aliphatic heterocycles. The molecule has 108 valence electrons. The minimum atomic E-state index is 0.0473. The van der Waals surface area contributed by atoms with Gasteiger partial charge in [-0.15, -0.1) is 11.8 Å². The molecule has 0 atom stereocenters. The van der Waals surface area contributed by atoms with Gasteiger partial charge >= 0.3 is 0 Å². The van der Waals surface area contributed by atoms with Crippen LogP contribution in [0.4, 0.5) is 5.69 Å². The average Bonchev–Trinajstić information content (AvgIpc) is 2.92. The van der Waals surface area contributed by atoms with Crippen LogP contribution < -0.4 is 5.32 Å². The predicted octanol–water partition coefficient (Wildman–Crippen LogP) is 4.21. The quantitative estimate of drug-likeness (QED) is 0.856. The molecule has 0 spiro atoms. The van der Waals surface area contributed by atoms with Crippen LogP contribution in [0.15, 0.2) is 47.4 Å². The van der Waals surface area contributed by atoms with Crippen LogP contribution in [0.5, 0.6) is 0 Å². The first-order valence-electron chi connectivity index (χ1n) is 7.32. The van der Waals surface area contributed by atoms with Gasteiger partial charge in [0.15, 0.2) is 0 Å². The number of nitrogens with one attached hydrogen (secondary N) is 1. The summed E-state index contributed by atoms with van der Waals surface area (Å²) in [5.41, 5.74) is 4.95. The zero-order chi connectivity index (χ0) is 14.7. The molecule has 1 N–H and O–H groups in total. The van der Waals surface area contributed by atoms with E-state index in [1.165, 1.54) is 35.3 Å². The number of carbonyl (C=O) groups excluding carboxylic acids is 1. The predicted molar refractivity (Wildman–Crippen MR) is 89.0 cm³/mol. The van der Waals surface area contributed by atoms with Crippen molar-refractivity contribution in [2.45, 2.75) is 31.1 Å². The van der Waals surface area contributed by atoms with Crippen molar-refractivity contribution in [3.8, 4) is 0 Å². The van der Waals surface area contributed by atoms with Gasteiger partial charge in [0, 0.05) is 10.6 Å². The monoisotopic (exact) mass is 297 g/mol. The second-order valence-electron chi connectivity index (χ2n) is 5.49. The van der Waals surface area contributed by atoms with Crippen molar-refractivity contribution in [3.63, 3.8) is 0 Å². The Balaban J connectivity index is 1.56. The van der Waals surface area contributed by atoms with Gasteiger partial charge in [0.2, 0.25) is 5.91 Å². The topological polar surface area (TPSA) is 29.1 Å². The lowest BCUT2D eigenvalue weighted by Crippen LogP contribution is -2.13. The third kappa shape index (κ3) is 3.67. The van der Waals surface area contributed by atoms with Gasteiger partial charge < -0.3 is 5.32 Å². The van der Waals surface area contributed by atoms with Crippen LogP contribution in [0.3, 0.4) is 0 Å². The van der Waals surface area contributed by atoms with E-state index >= 15 is 0 Å². The molecular weight excluding hydrogens is 278 g/mol. The first-order valence-corrected chi connectivity index (χ1v) is 8.30. The highest BCUT2D eigenvalue weighted by Gasteiger charge is 2.11. The van der Waals surface area contributed by atoms with E-state index in [1.54, 1.807) is 11.8 Å². The number of benzene rings is 2. The maximum Gasteiger partial charge on any atom is 0.234 e. The van der Waals surface area contributed by atoms with Crippen molar-refractivity contribution in [3.05, 3.63) is 59.2 Å². The average molecular weight is 297 g/mol. The number of amides is 1. The summed E-state index contributed by atoms with van der Waals surface area (Å²) in [5.74, 6) is 0.498. The summed E-state index contributed by atoms with van der Waals surface area (Å²) in [6, 6.07) is 14.5. The normalized spacial score (nSPS) is 13.0. The molecule has 3 rings (SSSR count). The molecule has 0 saturated heterocycles. The van der Waals surface area contributed by atoms with Gasteiger partial charge in [0.1, 0.15) is 0 Å². The van der Waals surface area contributed by atoms with Crippen molar-refractivity contribution in [1.82, 2.24) is 0 Å². The lowest BCUT2D eigenvalue weighted by atomic mass is 10.1. The summed E-state index contributed by atoms with van der Waals surface area (Å²) < 4.78 is 0. The highest BCUT2D eigenvalue weighted by molar-refractivity contribution is 8.00. The van der Waals surface area contributed by atoms with Gasteiger partial charge in [-0.25, -0.2) is 0 Å². The minimum absolute atomic E-state index is 0.0473. The molecule has 2 nitrogen and oxygen atoms in total. The first-order chi connectivity index (χ1) is 10.2. The smallest absolute Gasteiger partial charge is 0.234 e. The van der Waals surface area contributed by atoms with E-state index in [4.69, 9.17) is 0 Å². The van der Waals surface area contributed by atoms with Gasteiger partial charge in [0.05, 0.1) is 5.75 Å². The van der Waals surface area contributed by atoms with E-state index in [0.717, 1.165) is 11.3 Å². The zero-order valence-electron chi connectivity index (χ0n) is 12.2. The second-order valence-corrected chi connectivity index (χ2v) is 6.54.